The number of nitrogens with one attached hydrogen (secondary N) is 1. The number of rotatable bonds is 10. The van der Waals surface area contributed by atoms with Gasteiger partial charge in [-0.2, -0.15) is 0 Å². The number of benzene rings is 11. The normalized spacial score (nSPS) is 12.5. The molecule has 8 heteroatoms. The summed E-state index contributed by atoms with van der Waals surface area (Å²) >= 11 is 0. The Bertz CT molecular complexity index is 3760. The second-order valence-electron chi connectivity index (χ2n) is 18.9. The molecule has 348 valence electrons. The zero-order valence-electron chi connectivity index (χ0n) is 40.3. The van der Waals surface area contributed by atoms with Gasteiger partial charge in [0.15, 0.2) is 0 Å². The van der Waals surface area contributed by atoms with Crippen molar-refractivity contribution < 1.29 is 9.47 Å². The second kappa shape index (κ2) is 18.2. The lowest BCUT2D eigenvalue weighted by Crippen LogP contribution is -2.62. The molecule has 74 heavy (non-hydrogen) atoms. The highest BCUT2D eigenvalue weighted by atomic mass is 16.5. The SMILES string of the molecule is c1ccc(Nc2cc(N(c3ccccc3)c3ccccc3)cc3c2B(c2ccccc2)c2cc4c(cc2N3c2ccccc2)Oc2cc(N(c3ccccc3)c3ccccc3)cc3c2B4c2ccccc2O3)cc1. The Morgan fingerprint density at radius 3 is 1.36 bits per heavy atom. The maximum Gasteiger partial charge on any atom is 0.260 e. The van der Waals surface area contributed by atoms with Gasteiger partial charge in [-0.3, -0.25) is 0 Å². The van der Waals surface area contributed by atoms with Crippen molar-refractivity contribution in [3.05, 3.63) is 273 Å². The average molecular weight is 949 g/mol. The Balaban J connectivity index is 1.04. The lowest BCUT2D eigenvalue weighted by Gasteiger charge is -2.41. The summed E-state index contributed by atoms with van der Waals surface area (Å²) in [5, 5.41) is 4.00. The zero-order chi connectivity index (χ0) is 49.0. The molecule has 0 bridgehead atoms. The van der Waals surface area contributed by atoms with Gasteiger partial charge in [-0.1, -0.05) is 169 Å². The first-order valence-electron chi connectivity index (χ1n) is 25.2. The van der Waals surface area contributed by atoms with E-state index in [0.29, 0.717) is 0 Å². The predicted molar refractivity (Wildman–Crippen MR) is 309 cm³/mol. The van der Waals surface area contributed by atoms with Crippen molar-refractivity contribution in [2.24, 2.45) is 0 Å². The van der Waals surface area contributed by atoms with Crippen LogP contribution in [0.2, 0.25) is 0 Å². The van der Waals surface area contributed by atoms with Crippen LogP contribution in [0.15, 0.2) is 273 Å². The van der Waals surface area contributed by atoms with Gasteiger partial charge in [0.1, 0.15) is 23.0 Å². The molecule has 3 aliphatic heterocycles. The molecule has 0 amide bonds. The molecule has 3 aliphatic rings. The van der Waals surface area contributed by atoms with Crippen LogP contribution in [-0.4, -0.2) is 13.4 Å². The first kappa shape index (κ1) is 43.2. The molecule has 0 spiro atoms. The number of nitrogens with zero attached hydrogens (tertiary/aromatic N) is 3. The smallest absolute Gasteiger partial charge is 0.260 e. The molecule has 0 aromatic heterocycles. The zero-order valence-corrected chi connectivity index (χ0v) is 40.3. The van der Waals surface area contributed by atoms with Crippen molar-refractivity contribution in [2.75, 3.05) is 20.0 Å². The fourth-order valence-corrected chi connectivity index (χ4v) is 11.4. The number of para-hydroxylation sites is 7. The summed E-state index contributed by atoms with van der Waals surface area (Å²) in [5.74, 6) is 3.18. The first-order valence-corrected chi connectivity index (χ1v) is 25.2. The van der Waals surface area contributed by atoms with Gasteiger partial charge in [0.25, 0.3) is 6.71 Å². The third-order valence-electron chi connectivity index (χ3n) is 14.5. The molecule has 0 saturated heterocycles. The van der Waals surface area contributed by atoms with E-state index in [1.54, 1.807) is 0 Å². The molecule has 14 rings (SSSR count). The van der Waals surface area contributed by atoms with E-state index >= 15 is 0 Å². The highest BCUT2D eigenvalue weighted by molar-refractivity contribution is 7.01. The van der Waals surface area contributed by atoms with Crippen LogP contribution in [0.4, 0.5) is 62.6 Å². The summed E-state index contributed by atoms with van der Waals surface area (Å²) in [6.45, 7) is -0.371. The molecule has 1 N–H and O–H groups in total. The third kappa shape index (κ3) is 7.46. The van der Waals surface area contributed by atoms with E-state index in [1.165, 1.54) is 10.9 Å². The Labute approximate surface area is 432 Å². The average Bonchev–Trinajstić information content (AvgIpc) is 3.47. The Morgan fingerprint density at radius 1 is 0.324 bits per heavy atom. The van der Waals surface area contributed by atoms with Gasteiger partial charge in [0.2, 0.25) is 6.71 Å². The molecule has 0 unspecified atom stereocenters. The van der Waals surface area contributed by atoms with Crippen LogP contribution >= 0.6 is 0 Å². The van der Waals surface area contributed by atoms with Gasteiger partial charge in [-0.25, -0.2) is 0 Å². The standard InChI is InChI=1S/C66H46B2N4O2/c1-8-24-46(25-9-1)67-56-44-57-62(74-64-43-54(42-63-66(64)68(57)55-38-22-23-39-61(55)73-63)71(50-32-16-5-17-33-50)51-34-18-6-19-35-51)45-59(56)72(52-36-20-7-21-37-52)60-41-53(40-58(65(60)67)69-47-26-10-2-11-27-47)70(48-28-12-3-13-29-48)49-30-14-4-15-31-49/h1-45,69H. The minimum absolute atomic E-state index is 0.174. The van der Waals surface area contributed by atoms with Gasteiger partial charge in [0.05, 0.1) is 11.4 Å². The van der Waals surface area contributed by atoms with Crippen molar-refractivity contribution in [2.45, 2.75) is 0 Å². The van der Waals surface area contributed by atoms with E-state index in [-0.39, 0.29) is 13.4 Å². The van der Waals surface area contributed by atoms with Crippen molar-refractivity contribution in [1.82, 2.24) is 0 Å². The Morgan fingerprint density at radius 2 is 0.797 bits per heavy atom. The fraction of sp³-hybridized carbons (Fsp3) is 0. The Kier molecular flexibility index (Phi) is 10.6. The van der Waals surface area contributed by atoms with E-state index in [0.717, 1.165) is 107 Å². The van der Waals surface area contributed by atoms with Gasteiger partial charge in [-0.05, 0) is 113 Å². The number of ether oxygens (including phenoxy) is 2. The topological polar surface area (TPSA) is 40.2 Å². The summed E-state index contributed by atoms with van der Waals surface area (Å²) in [4.78, 5) is 7.07. The quantitative estimate of drug-likeness (QED) is 0.138. The van der Waals surface area contributed by atoms with Crippen molar-refractivity contribution in [3.8, 4) is 23.0 Å². The van der Waals surface area contributed by atoms with Crippen LogP contribution in [0.1, 0.15) is 0 Å². The summed E-state index contributed by atoms with van der Waals surface area (Å²) in [6.07, 6.45) is 0. The lowest BCUT2D eigenvalue weighted by molar-refractivity contribution is 0.465. The molecule has 6 nitrogen and oxygen atoms in total. The minimum atomic E-state index is -0.197. The minimum Gasteiger partial charge on any atom is -0.458 e. The van der Waals surface area contributed by atoms with Crippen LogP contribution < -0.4 is 62.3 Å². The second-order valence-corrected chi connectivity index (χ2v) is 18.9. The molecule has 3 heterocycles. The largest absolute Gasteiger partial charge is 0.458 e. The molecule has 0 fully saturated rings. The van der Waals surface area contributed by atoms with E-state index in [9.17, 15) is 0 Å². The van der Waals surface area contributed by atoms with E-state index in [4.69, 9.17) is 9.47 Å². The predicted octanol–water partition coefficient (Wildman–Crippen LogP) is 13.4. The van der Waals surface area contributed by atoms with Gasteiger partial charge in [0, 0.05) is 74.8 Å². The fourth-order valence-electron chi connectivity index (χ4n) is 11.4. The highest BCUT2D eigenvalue weighted by Gasteiger charge is 2.45. The summed E-state index contributed by atoms with van der Waals surface area (Å²) in [5.41, 5.74) is 18.0. The van der Waals surface area contributed by atoms with Crippen molar-refractivity contribution in [1.29, 1.82) is 0 Å². The number of fused-ring (bicyclic) bond motifs is 6. The van der Waals surface area contributed by atoms with Crippen LogP contribution in [-0.2, 0) is 0 Å². The molecule has 0 saturated carbocycles. The van der Waals surface area contributed by atoms with Crippen LogP contribution in [0.25, 0.3) is 0 Å². The maximum atomic E-state index is 7.41. The monoisotopic (exact) mass is 948 g/mol. The van der Waals surface area contributed by atoms with Crippen LogP contribution in [0, 0.1) is 0 Å². The van der Waals surface area contributed by atoms with Crippen molar-refractivity contribution >= 4 is 109 Å². The Hall–Kier alpha value is -9.65. The molecule has 0 aliphatic carbocycles. The molecular formula is C66H46B2N4O2. The summed E-state index contributed by atoms with van der Waals surface area (Å²) < 4.78 is 14.4. The van der Waals surface area contributed by atoms with E-state index < -0.39 is 0 Å². The van der Waals surface area contributed by atoms with Crippen molar-refractivity contribution in [3.63, 3.8) is 0 Å². The summed E-state index contributed by atoms with van der Waals surface area (Å²) in [6, 6.07) is 96.9. The van der Waals surface area contributed by atoms with E-state index in [2.05, 4.69) is 293 Å². The van der Waals surface area contributed by atoms with Gasteiger partial charge in [-0.15, -0.1) is 0 Å². The van der Waals surface area contributed by atoms with E-state index in [1.807, 2.05) is 0 Å². The molecule has 0 atom stereocenters. The summed E-state index contributed by atoms with van der Waals surface area (Å²) in [7, 11) is 0. The molecule has 0 radical (unpaired) electrons. The molecule has 11 aromatic carbocycles. The van der Waals surface area contributed by atoms with Crippen LogP contribution in [0.3, 0.4) is 0 Å². The first-order chi connectivity index (χ1) is 36.7. The number of anilines is 11. The van der Waals surface area contributed by atoms with Gasteiger partial charge < -0.3 is 29.5 Å². The number of hydrogen-bond acceptors (Lipinski definition) is 6. The van der Waals surface area contributed by atoms with Gasteiger partial charge >= 0.3 is 0 Å². The molecular weight excluding hydrogens is 902 g/mol. The molecule has 11 aromatic rings. The number of hydrogen-bond donors (Lipinski definition) is 1. The lowest BCUT2D eigenvalue weighted by atomic mass is 9.31. The van der Waals surface area contributed by atoms with Crippen LogP contribution in [0.5, 0.6) is 23.0 Å². The maximum absolute atomic E-state index is 7.41. The highest BCUT2D eigenvalue weighted by Crippen LogP contribution is 2.47. The third-order valence-corrected chi connectivity index (χ3v) is 14.5.